The smallest absolute Gasteiger partial charge is 0.264 e. The molecule has 3 rings (SSSR count). The zero-order chi connectivity index (χ0) is 14.2. The molecule has 5 nitrogen and oxygen atoms in total. The predicted octanol–water partition coefficient (Wildman–Crippen LogP) is 2.43. The average molecular weight is 337 g/mol. The minimum Gasteiger partial charge on any atom is -0.375 e. The highest BCUT2D eigenvalue weighted by Crippen LogP contribution is 2.41. The molecule has 2 aliphatic rings. The summed E-state index contributed by atoms with van der Waals surface area (Å²) in [6.45, 7) is 0.706. The normalized spacial score (nSPS) is 26.8. The molecule has 0 N–H and O–H groups in total. The minimum atomic E-state index is -3.70. The van der Waals surface area contributed by atoms with E-state index >= 15 is 0 Å². The SMILES string of the molecule is O=S(=O)(Cl)c1cnn(C2CCOC3(CCSCC3)C2)c1. The second-order valence-electron chi connectivity index (χ2n) is 5.38. The van der Waals surface area contributed by atoms with Gasteiger partial charge in [-0.1, -0.05) is 0 Å². The summed E-state index contributed by atoms with van der Waals surface area (Å²) in [4.78, 5) is 0.0684. The van der Waals surface area contributed by atoms with Crippen LogP contribution in [0.15, 0.2) is 17.3 Å². The number of rotatable bonds is 2. The van der Waals surface area contributed by atoms with Crippen molar-refractivity contribution in [3.63, 3.8) is 0 Å². The third-order valence-corrected chi connectivity index (χ3v) is 6.40. The lowest BCUT2D eigenvalue weighted by Crippen LogP contribution is -2.43. The van der Waals surface area contributed by atoms with E-state index < -0.39 is 9.05 Å². The van der Waals surface area contributed by atoms with Crippen LogP contribution in [-0.2, 0) is 13.8 Å². The Morgan fingerprint density at radius 2 is 2.20 bits per heavy atom. The summed E-state index contributed by atoms with van der Waals surface area (Å²) in [5, 5.41) is 4.18. The molecule has 2 fully saturated rings. The molecule has 112 valence electrons. The van der Waals surface area contributed by atoms with Gasteiger partial charge in [-0.05, 0) is 37.2 Å². The fraction of sp³-hybridized carbons (Fsp3) is 0.750. The molecule has 8 heteroatoms. The Hall–Kier alpha value is -0.240. The Bertz CT molecular complexity index is 576. The Balaban J connectivity index is 1.78. The first-order valence-corrected chi connectivity index (χ1v) is 10.2. The van der Waals surface area contributed by atoms with Gasteiger partial charge in [-0.15, -0.1) is 0 Å². The van der Waals surface area contributed by atoms with Crippen molar-refractivity contribution in [1.29, 1.82) is 0 Å². The van der Waals surface area contributed by atoms with Gasteiger partial charge >= 0.3 is 0 Å². The Kier molecular flexibility index (Phi) is 4.05. The summed E-state index contributed by atoms with van der Waals surface area (Å²) in [5.74, 6) is 2.26. The molecule has 1 unspecified atom stereocenters. The molecular weight excluding hydrogens is 320 g/mol. The van der Waals surface area contributed by atoms with Crippen molar-refractivity contribution in [3.05, 3.63) is 12.4 Å². The van der Waals surface area contributed by atoms with Gasteiger partial charge < -0.3 is 4.74 Å². The largest absolute Gasteiger partial charge is 0.375 e. The number of aromatic nitrogens is 2. The fourth-order valence-electron chi connectivity index (χ4n) is 2.97. The molecule has 2 saturated heterocycles. The van der Waals surface area contributed by atoms with Crippen LogP contribution >= 0.6 is 22.4 Å². The van der Waals surface area contributed by atoms with Crippen LogP contribution in [0.5, 0.6) is 0 Å². The van der Waals surface area contributed by atoms with Gasteiger partial charge in [0.2, 0.25) is 0 Å². The van der Waals surface area contributed by atoms with E-state index in [-0.39, 0.29) is 16.5 Å². The van der Waals surface area contributed by atoms with Crippen LogP contribution in [-0.4, -0.2) is 41.9 Å². The van der Waals surface area contributed by atoms with Gasteiger partial charge in [-0.2, -0.15) is 16.9 Å². The molecule has 0 amide bonds. The molecule has 0 aliphatic carbocycles. The zero-order valence-electron chi connectivity index (χ0n) is 11.0. The van der Waals surface area contributed by atoms with E-state index in [0.29, 0.717) is 6.61 Å². The first-order valence-electron chi connectivity index (χ1n) is 6.69. The summed E-state index contributed by atoms with van der Waals surface area (Å²) < 4.78 is 30.4. The third kappa shape index (κ3) is 3.00. The van der Waals surface area contributed by atoms with E-state index in [1.54, 1.807) is 4.68 Å². The van der Waals surface area contributed by atoms with Crippen LogP contribution in [0.1, 0.15) is 31.7 Å². The number of ether oxygens (including phenoxy) is 1. The summed E-state index contributed by atoms with van der Waals surface area (Å²) in [5.41, 5.74) is -0.0415. The van der Waals surface area contributed by atoms with Crippen molar-refractivity contribution in [2.45, 2.75) is 42.2 Å². The van der Waals surface area contributed by atoms with E-state index in [2.05, 4.69) is 5.10 Å². The number of hydrogen-bond donors (Lipinski definition) is 0. The molecule has 1 atom stereocenters. The van der Waals surface area contributed by atoms with Crippen LogP contribution in [0.2, 0.25) is 0 Å². The highest BCUT2D eigenvalue weighted by Gasteiger charge is 2.39. The van der Waals surface area contributed by atoms with Crippen molar-refractivity contribution in [1.82, 2.24) is 9.78 Å². The molecule has 3 heterocycles. The maximum Gasteiger partial charge on any atom is 0.264 e. The van der Waals surface area contributed by atoms with E-state index in [4.69, 9.17) is 15.4 Å². The Morgan fingerprint density at radius 1 is 1.45 bits per heavy atom. The molecule has 0 radical (unpaired) electrons. The summed E-state index contributed by atoms with van der Waals surface area (Å²) >= 11 is 1.97. The fourth-order valence-corrected chi connectivity index (χ4v) is 4.85. The van der Waals surface area contributed by atoms with E-state index in [0.717, 1.165) is 37.2 Å². The number of halogens is 1. The van der Waals surface area contributed by atoms with Gasteiger partial charge in [0.1, 0.15) is 4.90 Å². The lowest BCUT2D eigenvalue weighted by Gasteiger charge is -2.43. The molecule has 0 saturated carbocycles. The summed E-state index contributed by atoms with van der Waals surface area (Å²) in [6, 6.07) is 0.194. The van der Waals surface area contributed by atoms with Crippen LogP contribution in [0, 0.1) is 0 Å². The lowest BCUT2D eigenvalue weighted by molar-refractivity contribution is -0.100. The standard InChI is InChI=1S/C12H17ClN2O3S2/c13-20(16,17)11-8-14-15(9-11)10-1-4-18-12(7-10)2-5-19-6-3-12/h8-10H,1-7H2. The first kappa shape index (κ1) is 14.7. The lowest BCUT2D eigenvalue weighted by atomic mass is 9.85. The van der Waals surface area contributed by atoms with E-state index in [1.807, 2.05) is 11.8 Å². The third-order valence-electron chi connectivity index (χ3n) is 4.10. The molecule has 1 aromatic rings. The highest BCUT2D eigenvalue weighted by molar-refractivity contribution is 8.13. The monoisotopic (exact) mass is 336 g/mol. The zero-order valence-corrected chi connectivity index (χ0v) is 13.4. The van der Waals surface area contributed by atoms with Gasteiger partial charge in [0.05, 0.1) is 17.8 Å². The summed E-state index contributed by atoms with van der Waals surface area (Å²) in [7, 11) is 1.64. The van der Waals surface area contributed by atoms with Crippen LogP contribution in [0.3, 0.4) is 0 Å². The van der Waals surface area contributed by atoms with Crippen LogP contribution < -0.4 is 0 Å². The van der Waals surface area contributed by atoms with Crippen molar-refractivity contribution < 1.29 is 13.2 Å². The molecular formula is C12H17ClN2O3S2. The van der Waals surface area contributed by atoms with Crippen LogP contribution in [0.25, 0.3) is 0 Å². The quantitative estimate of drug-likeness (QED) is 0.776. The predicted molar refractivity (Wildman–Crippen MR) is 78.8 cm³/mol. The summed E-state index contributed by atoms with van der Waals surface area (Å²) in [6.07, 6.45) is 6.74. The number of hydrogen-bond acceptors (Lipinski definition) is 5. The first-order chi connectivity index (χ1) is 9.49. The molecule has 0 aromatic carbocycles. The maximum absolute atomic E-state index is 11.3. The molecule has 20 heavy (non-hydrogen) atoms. The molecule has 1 spiro atoms. The second-order valence-corrected chi connectivity index (χ2v) is 9.18. The minimum absolute atomic E-state index is 0.0415. The number of nitrogens with zero attached hydrogens (tertiary/aromatic N) is 2. The average Bonchev–Trinajstić information content (AvgIpc) is 2.89. The molecule has 0 bridgehead atoms. The van der Waals surface area contributed by atoms with Crippen LogP contribution in [0.4, 0.5) is 0 Å². The van der Waals surface area contributed by atoms with Crippen molar-refractivity contribution in [2.24, 2.45) is 0 Å². The highest BCUT2D eigenvalue weighted by atomic mass is 35.7. The van der Waals surface area contributed by atoms with Crippen molar-refractivity contribution in [3.8, 4) is 0 Å². The molecule has 2 aliphatic heterocycles. The van der Waals surface area contributed by atoms with Gasteiger partial charge in [0, 0.05) is 23.5 Å². The van der Waals surface area contributed by atoms with Gasteiger partial charge in [-0.25, -0.2) is 8.42 Å². The Labute approximate surface area is 127 Å². The van der Waals surface area contributed by atoms with E-state index in [1.165, 1.54) is 12.4 Å². The van der Waals surface area contributed by atoms with E-state index in [9.17, 15) is 8.42 Å². The van der Waals surface area contributed by atoms with Crippen molar-refractivity contribution >= 4 is 31.5 Å². The van der Waals surface area contributed by atoms with Gasteiger partial charge in [0.25, 0.3) is 9.05 Å². The second kappa shape index (κ2) is 5.51. The maximum atomic E-state index is 11.3. The van der Waals surface area contributed by atoms with Gasteiger partial charge in [-0.3, -0.25) is 4.68 Å². The van der Waals surface area contributed by atoms with Crippen molar-refractivity contribution in [2.75, 3.05) is 18.1 Å². The topological polar surface area (TPSA) is 61.2 Å². The van der Waals surface area contributed by atoms with Gasteiger partial charge in [0.15, 0.2) is 0 Å². The Morgan fingerprint density at radius 3 is 2.85 bits per heavy atom. The number of thioether (sulfide) groups is 1. The molecule has 1 aromatic heterocycles.